The summed E-state index contributed by atoms with van der Waals surface area (Å²) in [6, 6.07) is 16.1. The molecule has 2 aliphatic carbocycles. The van der Waals surface area contributed by atoms with Crippen molar-refractivity contribution in [3.05, 3.63) is 59.7 Å². The highest BCUT2D eigenvalue weighted by atomic mass is 16.5. The Morgan fingerprint density at radius 2 is 1.62 bits per heavy atom. The van der Waals surface area contributed by atoms with Crippen molar-refractivity contribution in [3.63, 3.8) is 0 Å². The van der Waals surface area contributed by atoms with Gasteiger partial charge in [0.15, 0.2) is 0 Å². The molecular weight excluding hydrogens is 412 g/mol. The number of benzene rings is 2. The van der Waals surface area contributed by atoms with Gasteiger partial charge in [-0.15, -0.1) is 0 Å². The van der Waals surface area contributed by atoms with Crippen molar-refractivity contribution < 1.29 is 29.3 Å². The number of carboxylic acid groups (broad SMARTS) is 1. The van der Waals surface area contributed by atoms with Gasteiger partial charge in [0.2, 0.25) is 5.91 Å². The van der Waals surface area contributed by atoms with Crippen molar-refractivity contribution in [1.29, 1.82) is 0 Å². The molecule has 0 spiro atoms. The second-order valence-electron chi connectivity index (χ2n) is 8.31. The summed E-state index contributed by atoms with van der Waals surface area (Å²) in [6.07, 6.45) is -1.35. The number of alkyl carbamates (subject to hydrolysis) is 1. The Kier molecular flexibility index (Phi) is 6.41. The molecule has 4 N–H and O–H groups in total. The topological polar surface area (TPSA) is 125 Å². The van der Waals surface area contributed by atoms with Crippen molar-refractivity contribution in [2.75, 3.05) is 19.7 Å². The van der Waals surface area contributed by atoms with E-state index in [1.54, 1.807) is 0 Å². The lowest BCUT2D eigenvalue weighted by molar-refractivity contribution is -0.139. The number of carbonyl (C=O) groups excluding carboxylic acids is 2. The molecule has 2 aliphatic rings. The van der Waals surface area contributed by atoms with E-state index < -0.39 is 24.1 Å². The fraction of sp³-hybridized carbons (Fsp3) is 0.375. The molecule has 1 unspecified atom stereocenters. The van der Waals surface area contributed by atoms with Crippen molar-refractivity contribution in [1.82, 2.24) is 10.6 Å². The minimum atomic E-state index is -1.06. The summed E-state index contributed by atoms with van der Waals surface area (Å²) in [5.74, 6) is -1.73. The second-order valence-corrected chi connectivity index (χ2v) is 8.31. The summed E-state index contributed by atoms with van der Waals surface area (Å²) < 4.78 is 5.40. The number of aliphatic hydroxyl groups is 1. The van der Waals surface area contributed by atoms with Gasteiger partial charge in [-0.3, -0.25) is 9.59 Å². The van der Waals surface area contributed by atoms with Crippen LogP contribution >= 0.6 is 0 Å². The highest BCUT2D eigenvalue weighted by Gasteiger charge is 2.43. The lowest BCUT2D eigenvalue weighted by atomic mass is 9.98. The molecule has 0 radical (unpaired) electrons. The third-order valence-electron chi connectivity index (χ3n) is 6.05. The Morgan fingerprint density at radius 1 is 1.00 bits per heavy atom. The highest BCUT2D eigenvalue weighted by molar-refractivity contribution is 5.79. The zero-order chi connectivity index (χ0) is 22.7. The highest BCUT2D eigenvalue weighted by Crippen LogP contribution is 2.44. The van der Waals surface area contributed by atoms with Gasteiger partial charge in [0.1, 0.15) is 6.61 Å². The smallest absolute Gasteiger partial charge is 0.407 e. The van der Waals surface area contributed by atoms with E-state index in [9.17, 15) is 19.5 Å². The molecule has 2 aromatic carbocycles. The first-order valence-corrected chi connectivity index (χ1v) is 10.7. The van der Waals surface area contributed by atoms with E-state index in [2.05, 4.69) is 22.8 Å². The summed E-state index contributed by atoms with van der Waals surface area (Å²) in [4.78, 5) is 34.8. The van der Waals surface area contributed by atoms with Crippen LogP contribution in [0.2, 0.25) is 0 Å². The minimum Gasteiger partial charge on any atom is -0.481 e. The average Bonchev–Trinajstić information content (AvgIpc) is 3.51. The predicted molar refractivity (Wildman–Crippen MR) is 116 cm³/mol. The van der Waals surface area contributed by atoms with Crippen LogP contribution in [0.25, 0.3) is 11.1 Å². The van der Waals surface area contributed by atoms with E-state index in [1.807, 2.05) is 36.4 Å². The van der Waals surface area contributed by atoms with E-state index in [-0.39, 0.29) is 43.9 Å². The molecule has 8 heteroatoms. The van der Waals surface area contributed by atoms with Gasteiger partial charge >= 0.3 is 12.1 Å². The lowest BCUT2D eigenvalue weighted by Gasteiger charge is -2.16. The number of aliphatic carboxylic acids is 1. The van der Waals surface area contributed by atoms with Crippen LogP contribution < -0.4 is 10.6 Å². The number of carbonyl (C=O) groups is 3. The van der Waals surface area contributed by atoms with Crippen molar-refractivity contribution in [2.45, 2.75) is 24.9 Å². The summed E-state index contributed by atoms with van der Waals surface area (Å²) >= 11 is 0. The zero-order valence-corrected chi connectivity index (χ0v) is 17.5. The number of carboxylic acids is 1. The molecular formula is C24H26N2O6. The predicted octanol–water partition coefficient (Wildman–Crippen LogP) is 2.11. The van der Waals surface area contributed by atoms with E-state index in [4.69, 9.17) is 9.84 Å². The van der Waals surface area contributed by atoms with Crippen molar-refractivity contribution >= 4 is 18.0 Å². The molecule has 0 saturated heterocycles. The fourth-order valence-corrected chi connectivity index (χ4v) is 4.23. The first-order valence-electron chi connectivity index (χ1n) is 10.7. The number of hydrogen-bond acceptors (Lipinski definition) is 5. The van der Waals surface area contributed by atoms with E-state index in [0.717, 1.165) is 22.3 Å². The van der Waals surface area contributed by atoms with Crippen molar-refractivity contribution in [3.8, 4) is 11.1 Å². The second kappa shape index (κ2) is 9.40. The molecule has 0 aliphatic heterocycles. The summed E-state index contributed by atoms with van der Waals surface area (Å²) in [6.45, 7) is 0.330. The summed E-state index contributed by atoms with van der Waals surface area (Å²) in [5, 5.41) is 24.0. The first-order chi connectivity index (χ1) is 15.4. The molecule has 3 atom stereocenters. The number of fused-ring (bicyclic) bond motifs is 3. The number of amides is 2. The van der Waals surface area contributed by atoms with Crippen LogP contribution in [-0.4, -0.2) is 54.0 Å². The number of ether oxygens (including phenoxy) is 1. The molecule has 2 amide bonds. The quantitative estimate of drug-likeness (QED) is 0.475. The van der Waals surface area contributed by atoms with Crippen LogP contribution in [0.4, 0.5) is 4.79 Å². The van der Waals surface area contributed by atoms with Crippen LogP contribution in [0, 0.1) is 11.8 Å². The molecule has 1 fully saturated rings. The normalized spacial score (nSPS) is 19.4. The summed E-state index contributed by atoms with van der Waals surface area (Å²) in [5.41, 5.74) is 4.50. The van der Waals surface area contributed by atoms with Crippen LogP contribution in [0.15, 0.2) is 48.5 Å². The maximum absolute atomic E-state index is 12.1. The van der Waals surface area contributed by atoms with Crippen LogP contribution in [-0.2, 0) is 14.3 Å². The minimum absolute atomic E-state index is 0.0486. The Hall–Kier alpha value is -3.39. The van der Waals surface area contributed by atoms with Crippen molar-refractivity contribution in [2.24, 2.45) is 11.8 Å². The standard InChI is InChI=1S/C24H26N2O6/c27-15(10-22(28)25-11-14-9-20(14)23(29)30)12-26-24(31)32-13-21-18-7-3-1-5-16(18)17-6-2-4-8-19(17)21/h1-8,14-15,20-21,27H,9-13H2,(H,25,28)(H,26,31)(H,29,30)/t14-,15?,20-/m1/s1. The Morgan fingerprint density at radius 3 is 2.22 bits per heavy atom. The Bertz CT molecular complexity index is 978. The lowest BCUT2D eigenvalue weighted by Crippen LogP contribution is -2.37. The van der Waals surface area contributed by atoms with Gasteiger partial charge in [0, 0.05) is 19.0 Å². The van der Waals surface area contributed by atoms with Gasteiger partial charge in [0.05, 0.1) is 18.4 Å². The van der Waals surface area contributed by atoms with Gasteiger partial charge in [0.25, 0.3) is 0 Å². The number of rotatable bonds is 9. The molecule has 2 aromatic rings. The van der Waals surface area contributed by atoms with Gasteiger partial charge in [-0.1, -0.05) is 48.5 Å². The van der Waals surface area contributed by atoms with E-state index in [1.165, 1.54) is 0 Å². The van der Waals surface area contributed by atoms with Gasteiger partial charge in [-0.25, -0.2) is 4.79 Å². The summed E-state index contributed by atoms with van der Waals surface area (Å²) in [7, 11) is 0. The van der Waals surface area contributed by atoms with Gasteiger partial charge in [-0.2, -0.15) is 0 Å². The third kappa shape index (κ3) is 4.91. The zero-order valence-electron chi connectivity index (χ0n) is 17.5. The largest absolute Gasteiger partial charge is 0.481 e. The molecule has 0 heterocycles. The maximum atomic E-state index is 12.1. The maximum Gasteiger partial charge on any atom is 0.407 e. The first kappa shape index (κ1) is 21.8. The Labute approximate surface area is 185 Å². The van der Waals surface area contributed by atoms with Gasteiger partial charge in [-0.05, 0) is 34.6 Å². The molecule has 8 nitrogen and oxygen atoms in total. The van der Waals surface area contributed by atoms with Crippen LogP contribution in [0.1, 0.15) is 29.9 Å². The third-order valence-corrected chi connectivity index (χ3v) is 6.05. The fourth-order valence-electron chi connectivity index (χ4n) is 4.23. The molecule has 4 rings (SSSR count). The SMILES string of the molecule is O=C(CC(O)CNC(=O)OCC1c2ccccc2-c2ccccc21)NC[C@H]1C[C@H]1C(=O)O. The number of aliphatic hydroxyl groups excluding tert-OH is 1. The molecule has 32 heavy (non-hydrogen) atoms. The molecule has 1 saturated carbocycles. The monoisotopic (exact) mass is 438 g/mol. The van der Waals surface area contributed by atoms with E-state index in [0.29, 0.717) is 6.42 Å². The number of hydrogen-bond donors (Lipinski definition) is 4. The van der Waals surface area contributed by atoms with Crippen LogP contribution in [0.3, 0.4) is 0 Å². The van der Waals surface area contributed by atoms with E-state index >= 15 is 0 Å². The Balaban J connectivity index is 1.19. The molecule has 0 aromatic heterocycles. The van der Waals surface area contributed by atoms with Gasteiger partial charge < -0.3 is 25.6 Å². The average molecular weight is 438 g/mol. The van der Waals surface area contributed by atoms with Crippen LogP contribution in [0.5, 0.6) is 0 Å². The number of nitrogens with one attached hydrogen (secondary N) is 2. The molecule has 0 bridgehead atoms. The molecule has 168 valence electrons.